The van der Waals surface area contributed by atoms with Crippen molar-refractivity contribution in [2.75, 3.05) is 10.6 Å². The fourth-order valence-corrected chi connectivity index (χ4v) is 3.66. The van der Waals surface area contributed by atoms with Crippen molar-refractivity contribution in [3.05, 3.63) is 54.1 Å². The van der Waals surface area contributed by atoms with Gasteiger partial charge in [-0.2, -0.15) is 0 Å². The summed E-state index contributed by atoms with van der Waals surface area (Å²) >= 11 is 1.43. The maximum Gasteiger partial charge on any atom is 0.335 e. The van der Waals surface area contributed by atoms with Gasteiger partial charge in [-0.1, -0.05) is 13.0 Å². The SMILES string of the molecule is CCC(Sc1cccc(NC(=O)C2CC2)c1)C(=O)Nc1ccc(C(=O)O)cc1. The molecular formula is C21H22N2O4S. The van der Waals surface area contributed by atoms with Gasteiger partial charge in [0, 0.05) is 22.2 Å². The van der Waals surface area contributed by atoms with Crippen LogP contribution >= 0.6 is 11.8 Å². The van der Waals surface area contributed by atoms with Crippen LogP contribution in [0.25, 0.3) is 0 Å². The van der Waals surface area contributed by atoms with Crippen molar-refractivity contribution in [3.63, 3.8) is 0 Å². The van der Waals surface area contributed by atoms with E-state index in [1.165, 1.54) is 23.9 Å². The smallest absolute Gasteiger partial charge is 0.335 e. The number of carboxylic acid groups (broad SMARTS) is 1. The molecule has 0 spiro atoms. The molecule has 7 heteroatoms. The summed E-state index contributed by atoms with van der Waals surface area (Å²) in [7, 11) is 0. The highest BCUT2D eigenvalue weighted by Gasteiger charge is 2.29. The van der Waals surface area contributed by atoms with Crippen LogP contribution in [0.4, 0.5) is 11.4 Å². The van der Waals surface area contributed by atoms with E-state index in [1.807, 2.05) is 31.2 Å². The van der Waals surface area contributed by atoms with E-state index in [1.54, 1.807) is 12.1 Å². The third kappa shape index (κ3) is 5.36. The minimum Gasteiger partial charge on any atom is -0.478 e. The summed E-state index contributed by atoms with van der Waals surface area (Å²) in [5, 5.41) is 14.4. The Bertz CT molecular complexity index is 878. The van der Waals surface area contributed by atoms with Gasteiger partial charge in [-0.3, -0.25) is 9.59 Å². The van der Waals surface area contributed by atoms with Crippen molar-refractivity contribution in [1.29, 1.82) is 0 Å². The summed E-state index contributed by atoms with van der Waals surface area (Å²) in [6.45, 7) is 1.93. The molecule has 1 atom stereocenters. The van der Waals surface area contributed by atoms with Crippen molar-refractivity contribution in [1.82, 2.24) is 0 Å². The Labute approximate surface area is 167 Å². The van der Waals surface area contributed by atoms with Crippen LogP contribution in [-0.4, -0.2) is 28.1 Å². The molecule has 0 saturated heterocycles. The maximum absolute atomic E-state index is 12.6. The minimum absolute atomic E-state index is 0.0525. The monoisotopic (exact) mass is 398 g/mol. The van der Waals surface area contributed by atoms with Crippen molar-refractivity contribution < 1.29 is 19.5 Å². The number of rotatable bonds is 8. The van der Waals surface area contributed by atoms with E-state index in [-0.39, 0.29) is 28.5 Å². The standard InChI is InChI=1S/C21H22N2O4S/c1-2-18(20(25)22-15-10-8-14(9-11-15)21(26)27)28-17-5-3-4-16(12-17)23-19(24)13-6-7-13/h3-5,8-13,18H,2,6-7H2,1H3,(H,22,25)(H,23,24)(H,26,27). The van der Waals surface area contributed by atoms with Crippen LogP contribution in [-0.2, 0) is 9.59 Å². The Morgan fingerprint density at radius 3 is 2.39 bits per heavy atom. The number of carbonyl (C=O) groups excluding carboxylic acids is 2. The van der Waals surface area contributed by atoms with E-state index < -0.39 is 5.97 Å². The Balaban J connectivity index is 1.61. The number of nitrogens with one attached hydrogen (secondary N) is 2. The highest BCUT2D eigenvalue weighted by Crippen LogP contribution is 2.32. The lowest BCUT2D eigenvalue weighted by Gasteiger charge is -2.15. The van der Waals surface area contributed by atoms with Crippen molar-refractivity contribution in [2.45, 2.75) is 36.3 Å². The molecule has 3 rings (SSSR count). The predicted molar refractivity (Wildman–Crippen MR) is 110 cm³/mol. The Morgan fingerprint density at radius 1 is 1.07 bits per heavy atom. The largest absolute Gasteiger partial charge is 0.478 e. The van der Waals surface area contributed by atoms with Gasteiger partial charge in [0.1, 0.15) is 0 Å². The Hall–Kier alpha value is -2.80. The second-order valence-corrected chi connectivity index (χ2v) is 7.95. The molecule has 0 radical (unpaired) electrons. The molecule has 1 fully saturated rings. The van der Waals surface area contributed by atoms with Crippen LogP contribution in [0.5, 0.6) is 0 Å². The molecule has 0 aromatic heterocycles. The van der Waals surface area contributed by atoms with Crippen molar-refractivity contribution in [3.8, 4) is 0 Å². The fourth-order valence-electron chi connectivity index (χ4n) is 2.64. The normalized spacial score (nSPS) is 14.2. The quantitative estimate of drug-likeness (QED) is 0.578. The second-order valence-electron chi connectivity index (χ2n) is 6.68. The average Bonchev–Trinajstić information content (AvgIpc) is 3.52. The lowest BCUT2D eigenvalue weighted by atomic mass is 10.2. The average molecular weight is 398 g/mol. The second kappa shape index (κ2) is 8.93. The first-order chi connectivity index (χ1) is 13.5. The van der Waals surface area contributed by atoms with Gasteiger partial charge in [0.05, 0.1) is 10.8 Å². The molecule has 0 bridgehead atoms. The zero-order valence-corrected chi connectivity index (χ0v) is 16.3. The topological polar surface area (TPSA) is 95.5 Å². The lowest BCUT2D eigenvalue weighted by molar-refractivity contribution is -0.117. The molecule has 0 aliphatic heterocycles. The fraction of sp³-hybridized carbons (Fsp3) is 0.286. The van der Waals surface area contributed by atoms with Gasteiger partial charge in [0.15, 0.2) is 0 Å². The molecule has 2 aromatic carbocycles. The number of hydrogen-bond acceptors (Lipinski definition) is 4. The van der Waals surface area contributed by atoms with E-state index in [9.17, 15) is 14.4 Å². The number of thioether (sulfide) groups is 1. The van der Waals surface area contributed by atoms with Crippen LogP contribution in [0.2, 0.25) is 0 Å². The first-order valence-corrected chi connectivity index (χ1v) is 10.1. The molecule has 1 aliphatic carbocycles. The van der Waals surface area contributed by atoms with Crippen molar-refractivity contribution in [2.24, 2.45) is 5.92 Å². The van der Waals surface area contributed by atoms with Gasteiger partial charge in [0.25, 0.3) is 0 Å². The first kappa shape index (κ1) is 19.9. The number of hydrogen-bond donors (Lipinski definition) is 3. The molecule has 28 heavy (non-hydrogen) atoms. The maximum atomic E-state index is 12.6. The molecule has 6 nitrogen and oxygen atoms in total. The molecule has 2 aromatic rings. The summed E-state index contributed by atoms with van der Waals surface area (Å²) in [6, 6.07) is 13.6. The van der Waals surface area contributed by atoms with Crippen LogP contribution in [0.3, 0.4) is 0 Å². The minimum atomic E-state index is -1.01. The van der Waals surface area contributed by atoms with Gasteiger partial charge in [-0.25, -0.2) is 4.79 Å². The zero-order chi connectivity index (χ0) is 20.1. The molecule has 146 valence electrons. The third-order valence-electron chi connectivity index (χ3n) is 4.39. The summed E-state index contributed by atoms with van der Waals surface area (Å²) < 4.78 is 0. The highest BCUT2D eigenvalue weighted by molar-refractivity contribution is 8.00. The van der Waals surface area contributed by atoms with Crippen LogP contribution in [0.15, 0.2) is 53.4 Å². The van der Waals surface area contributed by atoms with E-state index in [0.717, 1.165) is 23.4 Å². The number of carboxylic acids is 1. The Morgan fingerprint density at radius 2 is 1.79 bits per heavy atom. The van der Waals surface area contributed by atoms with E-state index in [2.05, 4.69) is 10.6 Å². The van der Waals surface area contributed by atoms with Gasteiger partial charge < -0.3 is 15.7 Å². The molecule has 2 amide bonds. The summed E-state index contributed by atoms with van der Waals surface area (Å²) in [5.74, 6) is -0.966. The number of aromatic carboxylic acids is 1. The zero-order valence-electron chi connectivity index (χ0n) is 15.5. The summed E-state index contributed by atoms with van der Waals surface area (Å²) in [4.78, 5) is 36.3. The summed E-state index contributed by atoms with van der Waals surface area (Å²) in [6.07, 6.45) is 2.53. The van der Waals surface area contributed by atoms with Crippen LogP contribution in [0.1, 0.15) is 36.5 Å². The molecule has 1 saturated carbocycles. The van der Waals surface area contributed by atoms with Gasteiger partial charge in [-0.05, 0) is 61.7 Å². The van der Waals surface area contributed by atoms with Crippen LogP contribution in [0, 0.1) is 5.92 Å². The number of carbonyl (C=O) groups is 3. The van der Waals surface area contributed by atoms with E-state index in [4.69, 9.17) is 5.11 Å². The molecule has 0 heterocycles. The molecule has 1 unspecified atom stereocenters. The Kier molecular flexibility index (Phi) is 6.36. The number of anilines is 2. The summed E-state index contributed by atoms with van der Waals surface area (Å²) in [5.41, 5.74) is 1.46. The molecule has 1 aliphatic rings. The van der Waals surface area contributed by atoms with E-state index in [0.29, 0.717) is 12.1 Å². The van der Waals surface area contributed by atoms with Crippen LogP contribution < -0.4 is 10.6 Å². The lowest BCUT2D eigenvalue weighted by Crippen LogP contribution is -2.24. The molecular weight excluding hydrogens is 376 g/mol. The number of benzene rings is 2. The third-order valence-corrected chi connectivity index (χ3v) is 5.75. The van der Waals surface area contributed by atoms with Gasteiger partial charge >= 0.3 is 5.97 Å². The van der Waals surface area contributed by atoms with Gasteiger partial charge in [0.2, 0.25) is 11.8 Å². The number of amides is 2. The highest BCUT2D eigenvalue weighted by atomic mass is 32.2. The first-order valence-electron chi connectivity index (χ1n) is 9.18. The van der Waals surface area contributed by atoms with Crippen molar-refractivity contribution >= 4 is 40.9 Å². The predicted octanol–water partition coefficient (Wildman–Crippen LogP) is 4.24. The van der Waals surface area contributed by atoms with Gasteiger partial charge in [-0.15, -0.1) is 11.8 Å². The molecule has 3 N–H and O–H groups in total. The van der Waals surface area contributed by atoms with E-state index >= 15 is 0 Å².